The molecule has 1 unspecified atom stereocenters. The zero-order valence-electron chi connectivity index (χ0n) is 12.4. The summed E-state index contributed by atoms with van der Waals surface area (Å²) in [7, 11) is 0. The molecule has 0 spiro atoms. The topological polar surface area (TPSA) is 75.6 Å². The van der Waals surface area contributed by atoms with Crippen molar-refractivity contribution in [3.63, 3.8) is 0 Å². The molecule has 9 heteroatoms. The number of nitrogens with zero attached hydrogens (tertiary/aromatic N) is 3. The minimum absolute atomic E-state index is 0.0792. The largest absolute Gasteiger partial charge is 0.408 e. The van der Waals surface area contributed by atoms with Crippen LogP contribution in [0, 0.1) is 5.92 Å². The van der Waals surface area contributed by atoms with E-state index in [-0.39, 0.29) is 5.56 Å². The van der Waals surface area contributed by atoms with E-state index in [4.69, 9.17) is 0 Å². The molecule has 2 heterocycles. The molecule has 0 aliphatic heterocycles. The maximum absolute atomic E-state index is 13.0. The number of carbonyl (C=O) groups excluding carboxylic acids is 1. The fourth-order valence-corrected chi connectivity index (χ4v) is 2.46. The lowest BCUT2D eigenvalue weighted by molar-refractivity contribution is -0.158. The molecular weight excluding hydrogens is 311 g/mol. The zero-order valence-corrected chi connectivity index (χ0v) is 12.4. The van der Waals surface area contributed by atoms with E-state index in [1.165, 1.54) is 12.4 Å². The number of aromatic nitrogens is 4. The second kappa shape index (κ2) is 5.71. The first-order valence-electron chi connectivity index (χ1n) is 7.34. The maximum Gasteiger partial charge on any atom is 0.408 e. The van der Waals surface area contributed by atoms with Crippen molar-refractivity contribution in [1.82, 2.24) is 25.3 Å². The fourth-order valence-electron chi connectivity index (χ4n) is 2.46. The summed E-state index contributed by atoms with van der Waals surface area (Å²) in [5, 5.41) is 12.6. The second-order valence-electron chi connectivity index (χ2n) is 5.57. The van der Waals surface area contributed by atoms with E-state index in [0.29, 0.717) is 30.6 Å². The SMILES string of the molecule is CCn1cc(-c2[nH]ncc2C(=O)NC(C2CC2)C(F)(F)F)cn1. The Balaban J connectivity index is 1.82. The predicted octanol–water partition coefficient (Wildman–Crippen LogP) is 2.36. The van der Waals surface area contributed by atoms with Gasteiger partial charge in [0.1, 0.15) is 6.04 Å². The highest BCUT2D eigenvalue weighted by Crippen LogP contribution is 2.40. The van der Waals surface area contributed by atoms with E-state index in [1.807, 2.05) is 6.92 Å². The van der Waals surface area contributed by atoms with Gasteiger partial charge in [0, 0.05) is 18.3 Å². The number of halogens is 3. The molecule has 2 aromatic rings. The molecule has 23 heavy (non-hydrogen) atoms. The standard InChI is InChI=1S/C14H16F3N5O/c1-2-22-7-9(5-19-22)11-10(6-18-21-11)13(23)20-12(8-3-4-8)14(15,16)17/h5-8,12H,2-4H2,1H3,(H,18,21)(H,20,23). The van der Waals surface area contributed by atoms with Crippen LogP contribution in [-0.2, 0) is 6.54 Å². The summed E-state index contributed by atoms with van der Waals surface area (Å²) in [5.74, 6) is -1.32. The number of rotatable bonds is 5. The van der Waals surface area contributed by atoms with Crippen molar-refractivity contribution in [2.45, 2.75) is 38.5 Å². The first-order valence-corrected chi connectivity index (χ1v) is 7.34. The Labute approximate surface area is 130 Å². The van der Waals surface area contributed by atoms with Gasteiger partial charge in [0.2, 0.25) is 0 Å². The molecule has 2 aromatic heterocycles. The fraction of sp³-hybridized carbons (Fsp3) is 0.500. The van der Waals surface area contributed by atoms with Crippen LogP contribution >= 0.6 is 0 Å². The Morgan fingerprint density at radius 3 is 2.78 bits per heavy atom. The van der Waals surface area contributed by atoms with Crippen molar-refractivity contribution in [3.8, 4) is 11.3 Å². The lowest BCUT2D eigenvalue weighted by atomic mass is 10.1. The molecule has 0 saturated heterocycles. The highest BCUT2D eigenvalue weighted by atomic mass is 19.4. The molecule has 0 bridgehead atoms. The van der Waals surface area contributed by atoms with Gasteiger partial charge in [0.05, 0.1) is 23.7 Å². The molecule has 1 aliphatic rings. The van der Waals surface area contributed by atoms with Gasteiger partial charge in [-0.15, -0.1) is 0 Å². The van der Waals surface area contributed by atoms with E-state index in [9.17, 15) is 18.0 Å². The van der Waals surface area contributed by atoms with Crippen LogP contribution in [0.5, 0.6) is 0 Å². The van der Waals surface area contributed by atoms with Gasteiger partial charge < -0.3 is 5.32 Å². The summed E-state index contributed by atoms with van der Waals surface area (Å²) >= 11 is 0. The zero-order chi connectivity index (χ0) is 16.6. The van der Waals surface area contributed by atoms with Gasteiger partial charge in [0.25, 0.3) is 5.91 Å². The van der Waals surface area contributed by atoms with Gasteiger partial charge in [-0.25, -0.2) is 0 Å². The summed E-state index contributed by atoms with van der Waals surface area (Å²) in [5.41, 5.74) is 1.04. The van der Waals surface area contributed by atoms with Crippen molar-refractivity contribution in [3.05, 3.63) is 24.2 Å². The molecule has 1 aliphatic carbocycles. The first kappa shape index (κ1) is 15.6. The van der Waals surface area contributed by atoms with Gasteiger partial charge in [-0.2, -0.15) is 23.4 Å². The van der Waals surface area contributed by atoms with Crippen molar-refractivity contribution < 1.29 is 18.0 Å². The lowest BCUT2D eigenvalue weighted by Gasteiger charge is -2.21. The maximum atomic E-state index is 13.0. The molecule has 0 radical (unpaired) electrons. The molecule has 0 aromatic carbocycles. The van der Waals surface area contributed by atoms with Crippen molar-refractivity contribution in [1.29, 1.82) is 0 Å². The minimum Gasteiger partial charge on any atom is -0.340 e. The quantitative estimate of drug-likeness (QED) is 0.885. The van der Waals surface area contributed by atoms with Crippen LogP contribution < -0.4 is 5.32 Å². The van der Waals surface area contributed by atoms with E-state index >= 15 is 0 Å². The van der Waals surface area contributed by atoms with Crippen LogP contribution in [0.1, 0.15) is 30.1 Å². The van der Waals surface area contributed by atoms with E-state index < -0.39 is 24.0 Å². The van der Waals surface area contributed by atoms with Crippen LogP contribution in [0.3, 0.4) is 0 Å². The van der Waals surface area contributed by atoms with E-state index in [2.05, 4.69) is 20.6 Å². The van der Waals surface area contributed by atoms with Gasteiger partial charge in [0.15, 0.2) is 0 Å². The van der Waals surface area contributed by atoms with Gasteiger partial charge in [-0.1, -0.05) is 0 Å². The Kier molecular flexibility index (Phi) is 3.87. The predicted molar refractivity (Wildman–Crippen MR) is 75.5 cm³/mol. The average molecular weight is 327 g/mol. The molecular formula is C14H16F3N5O. The smallest absolute Gasteiger partial charge is 0.340 e. The average Bonchev–Trinajstić information content (AvgIpc) is 3.02. The third-order valence-corrected chi connectivity index (χ3v) is 3.86. The Morgan fingerprint density at radius 1 is 1.48 bits per heavy atom. The first-order chi connectivity index (χ1) is 10.9. The summed E-state index contributed by atoms with van der Waals surface area (Å²) in [6.45, 7) is 2.55. The normalized spacial score (nSPS) is 16.3. The number of H-pyrrole nitrogens is 1. The Morgan fingerprint density at radius 2 is 2.22 bits per heavy atom. The number of nitrogens with one attached hydrogen (secondary N) is 2. The molecule has 1 atom stereocenters. The second-order valence-corrected chi connectivity index (χ2v) is 5.57. The molecule has 1 amide bonds. The van der Waals surface area contributed by atoms with Crippen molar-refractivity contribution in [2.75, 3.05) is 0 Å². The van der Waals surface area contributed by atoms with Crippen LogP contribution in [0.25, 0.3) is 11.3 Å². The van der Waals surface area contributed by atoms with E-state index in [1.54, 1.807) is 10.9 Å². The summed E-state index contributed by atoms with van der Waals surface area (Å²) in [4.78, 5) is 12.3. The third-order valence-electron chi connectivity index (χ3n) is 3.86. The number of aromatic amines is 1. The molecule has 124 valence electrons. The van der Waals surface area contributed by atoms with Gasteiger partial charge in [-0.3, -0.25) is 14.6 Å². The third kappa shape index (κ3) is 3.22. The number of carbonyl (C=O) groups is 1. The molecule has 6 nitrogen and oxygen atoms in total. The molecule has 2 N–H and O–H groups in total. The van der Waals surface area contributed by atoms with Crippen LogP contribution in [0.4, 0.5) is 13.2 Å². The summed E-state index contributed by atoms with van der Waals surface area (Å²) in [6, 6.07) is -1.81. The van der Waals surface area contributed by atoms with Gasteiger partial charge in [-0.05, 0) is 25.7 Å². The minimum atomic E-state index is -4.45. The van der Waals surface area contributed by atoms with Crippen molar-refractivity contribution in [2.24, 2.45) is 5.92 Å². The lowest BCUT2D eigenvalue weighted by Crippen LogP contribution is -2.47. The Hall–Kier alpha value is -2.32. The number of hydrogen-bond acceptors (Lipinski definition) is 3. The molecule has 1 fully saturated rings. The molecule has 3 rings (SSSR count). The number of amides is 1. The van der Waals surface area contributed by atoms with Crippen LogP contribution in [0.2, 0.25) is 0 Å². The monoisotopic (exact) mass is 327 g/mol. The van der Waals surface area contributed by atoms with E-state index in [0.717, 1.165) is 0 Å². The summed E-state index contributed by atoms with van der Waals surface area (Å²) in [6.07, 6.45) is 0.975. The molecule has 1 saturated carbocycles. The van der Waals surface area contributed by atoms with Gasteiger partial charge >= 0.3 is 6.18 Å². The number of aryl methyl sites for hydroxylation is 1. The number of hydrogen-bond donors (Lipinski definition) is 2. The Bertz CT molecular complexity index is 701. The highest BCUT2D eigenvalue weighted by Gasteiger charge is 2.49. The number of alkyl halides is 3. The van der Waals surface area contributed by atoms with Crippen molar-refractivity contribution >= 4 is 5.91 Å². The summed E-state index contributed by atoms with van der Waals surface area (Å²) < 4.78 is 40.8. The van der Waals surface area contributed by atoms with Crippen LogP contribution in [0.15, 0.2) is 18.6 Å². The van der Waals surface area contributed by atoms with Crippen LogP contribution in [-0.4, -0.2) is 38.1 Å². The highest BCUT2D eigenvalue weighted by molar-refractivity contribution is 5.99.